The molecule has 2 N–H and O–H groups in total. The molecule has 2 aromatic heterocycles. The molecular formula is C22H23N3O3S. The number of carbonyl (C=O) groups excluding carboxylic acids is 2. The molecule has 0 aliphatic carbocycles. The highest BCUT2D eigenvalue weighted by molar-refractivity contribution is 7.12. The molecule has 2 amide bonds. The van der Waals surface area contributed by atoms with Gasteiger partial charge in [-0.15, -0.1) is 11.3 Å². The summed E-state index contributed by atoms with van der Waals surface area (Å²) in [6.45, 7) is 3.18. The number of hydrogen-bond donors (Lipinski definition) is 2. The van der Waals surface area contributed by atoms with Crippen LogP contribution in [-0.2, 0) is 6.54 Å². The number of thiophene rings is 1. The van der Waals surface area contributed by atoms with Gasteiger partial charge < -0.3 is 15.4 Å². The summed E-state index contributed by atoms with van der Waals surface area (Å²) in [6.07, 6.45) is 5.19. The number of pyridine rings is 1. The highest BCUT2D eigenvalue weighted by atomic mass is 32.1. The maximum atomic E-state index is 12.6. The molecule has 0 unspecified atom stereocenters. The molecule has 3 aromatic rings. The third kappa shape index (κ3) is 5.89. The zero-order valence-electron chi connectivity index (χ0n) is 16.2. The Balaban J connectivity index is 1.59. The van der Waals surface area contributed by atoms with Crippen LogP contribution in [0.15, 0.2) is 60.2 Å². The Morgan fingerprint density at radius 3 is 2.72 bits per heavy atom. The van der Waals surface area contributed by atoms with E-state index < -0.39 is 0 Å². The normalized spacial score (nSPS) is 10.4. The molecule has 0 saturated heterocycles. The van der Waals surface area contributed by atoms with Crippen LogP contribution in [0.5, 0.6) is 5.75 Å². The number of ether oxygens (including phenoxy) is 1. The molecule has 0 spiro atoms. The van der Waals surface area contributed by atoms with Gasteiger partial charge >= 0.3 is 0 Å². The number of hydrogen-bond acceptors (Lipinski definition) is 5. The van der Waals surface area contributed by atoms with Crippen LogP contribution in [0, 0.1) is 0 Å². The Hall–Kier alpha value is -3.19. The van der Waals surface area contributed by atoms with Gasteiger partial charge in [-0.05, 0) is 47.7 Å². The Kier molecular flexibility index (Phi) is 7.35. The Morgan fingerprint density at radius 1 is 1.10 bits per heavy atom. The van der Waals surface area contributed by atoms with Crippen molar-refractivity contribution in [2.75, 3.05) is 11.9 Å². The standard InChI is InChI=1S/C22H23N3O3S/c1-2-3-12-28-18-6-4-5-16(14-18)15-24-22(27)20-19(9-13-29-20)25-21(26)17-7-10-23-11-8-17/h4-11,13-14H,2-3,12,15H2,1H3,(H,24,27)(H,25,26). The summed E-state index contributed by atoms with van der Waals surface area (Å²) >= 11 is 1.28. The first-order valence-corrected chi connectivity index (χ1v) is 10.3. The Labute approximate surface area is 173 Å². The first-order chi connectivity index (χ1) is 14.2. The van der Waals surface area contributed by atoms with Crippen LogP contribution < -0.4 is 15.4 Å². The molecule has 7 heteroatoms. The van der Waals surface area contributed by atoms with Gasteiger partial charge in [0, 0.05) is 24.5 Å². The van der Waals surface area contributed by atoms with Crippen LogP contribution in [0.25, 0.3) is 0 Å². The number of nitrogens with one attached hydrogen (secondary N) is 2. The summed E-state index contributed by atoms with van der Waals surface area (Å²) in [7, 11) is 0. The number of rotatable bonds is 9. The molecule has 29 heavy (non-hydrogen) atoms. The van der Waals surface area contributed by atoms with Crippen LogP contribution in [-0.4, -0.2) is 23.4 Å². The summed E-state index contributed by atoms with van der Waals surface area (Å²) in [5.41, 5.74) is 1.93. The number of benzene rings is 1. The molecule has 0 saturated carbocycles. The first-order valence-electron chi connectivity index (χ1n) is 9.46. The number of nitrogens with zero attached hydrogens (tertiary/aromatic N) is 1. The molecule has 6 nitrogen and oxygen atoms in total. The van der Waals surface area contributed by atoms with Crippen molar-refractivity contribution < 1.29 is 14.3 Å². The summed E-state index contributed by atoms with van der Waals surface area (Å²) in [6, 6.07) is 12.7. The summed E-state index contributed by atoms with van der Waals surface area (Å²) in [5.74, 6) is 0.283. The summed E-state index contributed by atoms with van der Waals surface area (Å²) in [5, 5.41) is 7.47. The van der Waals surface area contributed by atoms with Gasteiger partial charge in [-0.2, -0.15) is 0 Å². The second-order valence-electron chi connectivity index (χ2n) is 6.39. The van der Waals surface area contributed by atoms with Crippen LogP contribution in [0.3, 0.4) is 0 Å². The zero-order valence-corrected chi connectivity index (χ0v) is 17.0. The van der Waals surface area contributed by atoms with Gasteiger partial charge in [0.25, 0.3) is 11.8 Å². The fourth-order valence-electron chi connectivity index (χ4n) is 2.62. The van der Waals surface area contributed by atoms with Crippen molar-refractivity contribution in [1.29, 1.82) is 0 Å². The predicted octanol–water partition coefficient (Wildman–Crippen LogP) is 4.50. The SMILES string of the molecule is CCCCOc1cccc(CNC(=O)c2sccc2NC(=O)c2ccncc2)c1. The fraction of sp³-hybridized carbons (Fsp3) is 0.227. The van der Waals surface area contributed by atoms with E-state index in [0.29, 0.717) is 29.3 Å². The number of carbonyl (C=O) groups is 2. The monoisotopic (exact) mass is 409 g/mol. The second kappa shape index (κ2) is 10.4. The lowest BCUT2D eigenvalue weighted by Gasteiger charge is -2.10. The van der Waals surface area contributed by atoms with E-state index in [1.54, 1.807) is 36.0 Å². The quantitative estimate of drug-likeness (QED) is 0.510. The van der Waals surface area contributed by atoms with Crippen LogP contribution in [0.2, 0.25) is 0 Å². The van der Waals surface area contributed by atoms with Gasteiger partial charge in [-0.25, -0.2) is 0 Å². The lowest BCUT2D eigenvalue weighted by molar-refractivity contribution is 0.0955. The van der Waals surface area contributed by atoms with Gasteiger partial charge in [0.1, 0.15) is 10.6 Å². The lowest BCUT2D eigenvalue weighted by atomic mass is 10.2. The van der Waals surface area contributed by atoms with Gasteiger partial charge in [0.05, 0.1) is 12.3 Å². The maximum Gasteiger partial charge on any atom is 0.263 e. The number of aromatic nitrogens is 1. The van der Waals surface area contributed by atoms with Crippen LogP contribution in [0.1, 0.15) is 45.4 Å². The van der Waals surface area contributed by atoms with Crippen LogP contribution in [0.4, 0.5) is 5.69 Å². The average molecular weight is 410 g/mol. The largest absolute Gasteiger partial charge is 0.494 e. The van der Waals surface area contributed by atoms with E-state index >= 15 is 0 Å². The van der Waals surface area contributed by atoms with Crippen molar-refractivity contribution in [3.05, 3.63) is 76.2 Å². The van der Waals surface area contributed by atoms with Gasteiger partial charge in [0.2, 0.25) is 0 Å². The third-order valence-corrected chi connectivity index (χ3v) is 5.09. The molecule has 0 atom stereocenters. The van der Waals surface area contributed by atoms with E-state index in [1.807, 2.05) is 24.3 Å². The zero-order chi connectivity index (χ0) is 20.5. The van der Waals surface area contributed by atoms with Gasteiger partial charge in [0.15, 0.2) is 0 Å². The smallest absolute Gasteiger partial charge is 0.263 e. The fourth-order valence-corrected chi connectivity index (χ4v) is 3.39. The number of unbranched alkanes of at least 4 members (excludes halogenated alkanes) is 1. The van der Waals surface area contributed by atoms with Crippen molar-refractivity contribution in [1.82, 2.24) is 10.3 Å². The molecule has 3 rings (SSSR count). The van der Waals surface area contributed by atoms with E-state index in [2.05, 4.69) is 22.5 Å². The highest BCUT2D eigenvalue weighted by Gasteiger charge is 2.16. The van der Waals surface area contributed by atoms with E-state index in [9.17, 15) is 9.59 Å². The average Bonchev–Trinajstić information content (AvgIpc) is 3.21. The minimum atomic E-state index is -0.281. The van der Waals surface area contributed by atoms with E-state index in [0.717, 1.165) is 24.2 Å². The van der Waals surface area contributed by atoms with Crippen molar-refractivity contribution >= 4 is 28.8 Å². The molecule has 0 aliphatic heterocycles. The van der Waals surface area contributed by atoms with E-state index in [1.165, 1.54) is 11.3 Å². The van der Waals surface area contributed by atoms with Crippen molar-refractivity contribution in [3.63, 3.8) is 0 Å². The minimum Gasteiger partial charge on any atom is -0.494 e. The van der Waals surface area contributed by atoms with E-state index in [-0.39, 0.29) is 11.8 Å². The summed E-state index contributed by atoms with van der Waals surface area (Å²) in [4.78, 5) is 29.3. The van der Waals surface area contributed by atoms with E-state index in [4.69, 9.17) is 4.74 Å². The molecule has 2 heterocycles. The van der Waals surface area contributed by atoms with Gasteiger partial charge in [-0.3, -0.25) is 14.6 Å². The molecular weight excluding hydrogens is 386 g/mol. The third-order valence-electron chi connectivity index (χ3n) is 4.18. The van der Waals surface area contributed by atoms with Crippen LogP contribution >= 0.6 is 11.3 Å². The Bertz CT molecular complexity index is 957. The maximum absolute atomic E-state index is 12.6. The van der Waals surface area contributed by atoms with Crippen molar-refractivity contribution in [2.45, 2.75) is 26.3 Å². The molecule has 0 aliphatic rings. The topological polar surface area (TPSA) is 80.3 Å². The number of anilines is 1. The molecule has 1 aromatic carbocycles. The number of amides is 2. The summed E-state index contributed by atoms with van der Waals surface area (Å²) < 4.78 is 5.71. The highest BCUT2D eigenvalue weighted by Crippen LogP contribution is 2.23. The molecule has 150 valence electrons. The second-order valence-corrected chi connectivity index (χ2v) is 7.30. The Morgan fingerprint density at radius 2 is 1.93 bits per heavy atom. The minimum absolute atomic E-state index is 0.234. The van der Waals surface area contributed by atoms with Crippen molar-refractivity contribution in [2.24, 2.45) is 0 Å². The predicted molar refractivity (Wildman–Crippen MR) is 115 cm³/mol. The first kappa shape index (κ1) is 20.5. The van der Waals surface area contributed by atoms with Gasteiger partial charge in [-0.1, -0.05) is 25.5 Å². The molecule has 0 bridgehead atoms. The molecule has 0 fully saturated rings. The molecule has 0 radical (unpaired) electrons. The van der Waals surface area contributed by atoms with Crippen molar-refractivity contribution in [3.8, 4) is 5.75 Å². The lowest BCUT2D eigenvalue weighted by Crippen LogP contribution is -2.23.